The number of benzene rings is 1. The standard InChI is InChI=1S/C11H15FN2O4S/c1-7(6-15)14-19(17,18)11-4-3-9(5-10(11)12)13-8(2)16/h3-5,7,14-15H,6H2,1-2H3,(H,13,16). The Kier molecular flexibility index (Phi) is 4.98. The van der Waals surface area contributed by atoms with E-state index in [0.29, 0.717) is 0 Å². The third-order valence-corrected chi connectivity index (χ3v) is 3.79. The first kappa shape index (κ1) is 15.5. The summed E-state index contributed by atoms with van der Waals surface area (Å²) < 4.78 is 39.4. The summed E-state index contributed by atoms with van der Waals surface area (Å²) in [5, 5.41) is 11.1. The van der Waals surface area contributed by atoms with E-state index in [9.17, 15) is 17.6 Å². The molecular weight excluding hydrogens is 275 g/mol. The molecule has 1 amide bonds. The van der Waals surface area contributed by atoms with E-state index in [2.05, 4.69) is 10.0 Å². The molecule has 106 valence electrons. The van der Waals surface area contributed by atoms with Gasteiger partial charge in [-0.15, -0.1) is 0 Å². The minimum Gasteiger partial charge on any atom is -0.395 e. The van der Waals surface area contributed by atoms with E-state index in [0.717, 1.165) is 12.1 Å². The minimum atomic E-state index is -4.05. The second-order valence-electron chi connectivity index (χ2n) is 4.03. The maximum Gasteiger partial charge on any atom is 0.243 e. The zero-order chi connectivity index (χ0) is 14.6. The molecule has 0 spiro atoms. The minimum absolute atomic E-state index is 0.166. The fraction of sp³-hybridized carbons (Fsp3) is 0.364. The van der Waals surface area contributed by atoms with Crippen LogP contribution in [0.3, 0.4) is 0 Å². The molecule has 0 aliphatic rings. The van der Waals surface area contributed by atoms with Crippen molar-refractivity contribution in [3.8, 4) is 0 Å². The predicted molar refractivity (Wildman–Crippen MR) is 67.6 cm³/mol. The van der Waals surface area contributed by atoms with Crippen molar-refractivity contribution in [2.24, 2.45) is 0 Å². The lowest BCUT2D eigenvalue weighted by Crippen LogP contribution is -2.35. The van der Waals surface area contributed by atoms with Gasteiger partial charge in [-0.25, -0.2) is 17.5 Å². The van der Waals surface area contributed by atoms with Crippen LogP contribution in [0, 0.1) is 5.82 Å². The van der Waals surface area contributed by atoms with Gasteiger partial charge in [-0.1, -0.05) is 0 Å². The van der Waals surface area contributed by atoms with Gasteiger partial charge in [0.25, 0.3) is 0 Å². The van der Waals surface area contributed by atoms with Crippen molar-refractivity contribution in [3.05, 3.63) is 24.0 Å². The lowest BCUT2D eigenvalue weighted by molar-refractivity contribution is -0.114. The number of carbonyl (C=O) groups excluding carboxylic acids is 1. The summed E-state index contributed by atoms with van der Waals surface area (Å²) in [6.07, 6.45) is 0. The highest BCUT2D eigenvalue weighted by molar-refractivity contribution is 7.89. The first-order chi connectivity index (χ1) is 8.76. The number of hydrogen-bond donors (Lipinski definition) is 3. The summed E-state index contributed by atoms with van der Waals surface area (Å²) in [5.74, 6) is -1.37. The van der Waals surface area contributed by atoms with Gasteiger partial charge in [0.05, 0.1) is 6.61 Å². The maximum atomic E-state index is 13.7. The molecule has 0 saturated heterocycles. The molecule has 1 unspecified atom stereocenters. The summed E-state index contributed by atoms with van der Waals surface area (Å²) in [6.45, 7) is 2.30. The molecule has 1 aromatic carbocycles. The number of aliphatic hydroxyl groups is 1. The molecule has 0 fully saturated rings. The Bertz CT molecular complexity index is 574. The molecule has 1 rings (SSSR count). The molecule has 0 radical (unpaired) electrons. The highest BCUT2D eigenvalue weighted by Gasteiger charge is 2.21. The first-order valence-corrected chi connectivity index (χ1v) is 6.95. The topological polar surface area (TPSA) is 95.5 Å². The Balaban J connectivity index is 3.05. The van der Waals surface area contributed by atoms with Crippen LogP contribution >= 0.6 is 0 Å². The fourth-order valence-electron chi connectivity index (χ4n) is 1.37. The van der Waals surface area contributed by atoms with E-state index in [-0.39, 0.29) is 11.6 Å². The molecule has 0 aliphatic carbocycles. The Morgan fingerprint density at radius 3 is 2.58 bits per heavy atom. The average Bonchev–Trinajstić information content (AvgIpc) is 2.26. The molecule has 1 atom stereocenters. The average molecular weight is 290 g/mol. The van der Waals surface area contributed by atoms with Crippen LogP contribution in [0.1, 0.15) is 13.8 Å². The molecule has 0 bridgehead atoms. The van der Waals surface area contributed by atoms with E-state index in [1.807, 2.05) is 0 Å². The van der Waals surface area contributed by atoms with Crippen LogP contribution in [0.15, 0.2) is 23.1 Å². The first-order valence-electron chi connectivity index (χ1n) is 5.46. The van der Waals surface area contributed by atoms with Crippen LogP contribution < -0.4 is 10.0 Å². The smallest absolute Gasteiger partial charge is 0.243 e. The van der Waals surface area contributed by atoms with Crippen molar-refractivity contribution in [3.63, 3.8) is 0 Å². The van der Waals surface area contributed by atoms with Gasteiger partial charge in [-0.2, -0.15) is 0 Å². The van der Waals surface area contributed by atoms with Gasteiger partial charge in [0, 0.05) is 18.7 Å². The van der Waals surface area contributed by atoms with Gasteiger partial charge in [0.2, 0.25) is 15.9 Å². The Labute approximate surface area is 110 Å². The Morgan fingerprint density at radius 2 is 2.11 bits per heavy atom. The third-order valence-electron chi connectivity index (χ3n) is 2.17. The number of hydrogen-bond acceptors (Lipinski definition) is 4. The quantitative estimate of drug-likeness (QED) is 0.733. The van der Waals surface area contributed by atoms with Gasteiger partial charge < -0.3 is 10.4 Å². The van der Waals surface area contributed by atoms with Gasteiger partial charge in [0.15, 0.2) is 0 Å². The van der Waals surface area contributed by atoms with Crippen molar-refractivity contribution >= 4 is 21.6 Å². The molecular formula is C11H15FN2O4S. The number of sulfonamides is 1. The molecule has 3 N–H and O–H groups in total. The number of amides is 1. The van der Waals surface area contributed by atoms with Gasteiger partial charge in [0.1, 0.15) is 10.7 Å². The Morgan fingerprint density at radius 1 is 1.47 bits per heavy atom. The lowest BCUT2D eigenvalue weighted by Gasteiger charge is -2.12. The van der Waals surface area contributed by atoms with Crippen LogP contribution in [0.4, 0.5) is 10.1 Å². The summed E-state index contributed by atoms with van der Waals surface area (Å²) in [7, 11) is -4.05. The molecule has 6 nitrogen and oxygen atoms in total. The van der Waals surface area contributed by atoms with E-state index in [1.165, 1.54) is 19.9 Å². The van der Waals surface area contributed by atoms with Crippen molar-refractivity contribution in [1.82, 2.24) is 4.72 Å². The van der Waals surface area contributed by atoms with E-state index >= 15 is 0 Å². The largest absolute Gasteiger partial charge is 0.395 e. The van der Waals surface area contributed by atoms with E-state index < -0.39 is 33.4 Å². The molecule has 0 aliphatic heterocycles. The maximum absolute atomic E-state index is 13.7. The zero-order valence-corrected chi connectivity index (χ0v) is 11.3. The van der Waals surface area contributed by atoms with Crippen LogP contribution in [-0.4, -0.2) is 32.1 Å². The second-order valence-corrected chi connectivity index (χ2v) is 5.71. The highest BCUT2D eigenvalue weighted by Crippen LogP contribution is 2.19. The van der Waals surface area contributed by atoms with Crippen LogP contribution in [-0.2, 0) is 14.8 Å². The van der Waals surface area contributed by atoms with Crippen LogP contribution in [0.5, 0.6) is 0 Å². The van der Waals surface area contributed by atoms with Gasteiger partial charge in [-0.3, -0.25) is 4.79 Å². The molecule has 19 heavy (non-hydrogen) atoms. The van der Waals surface area contributed by atoms with Crippen molar-refractivity contribution < 1.29 is 22.7 Å². The van der Waals surface area contributed by atoms with Gasteiger partial charge >= 0.3 is 0 Å². The monoisotopic (exact) mass is 290 g/mol. The summed E-state index contributed by atoms with van der Waals surface area (Å²) in [6, 6.07) is 2.52. The predicted octanol–water partition coefficient (Wildman–Crippen LogP) is 0.443. The number of rotatable bonds is 5. The SMILES string of the molecule is CC(=O)Nc1ccc(S(=O)(=O)NC(C)CO)c(F)c1. The number of anilines is 1. The lowest BCUT2D eigenvalue weighted by atomic mass is 10.3. The van der Waals surface area contributed by atoms with Crippen molar-refractivity contribution in [2.45, 2.75) is 24.8 Å². The number of halogens is 1. The summed E-state index contributed by atoms with van der Waals surface area (Å²) >= 11 is 0. The third kappa shape index (κ3) is 4.27. The number of aliphatic hydroxyl groups excluding tert-OH is 1. The van der Waals surface area contributed by atoms with Crippen LogP contribution in [0.2, 0.25) is 0 Å². The summed E-state index contributed by atoms with van der Waals surface area (Å²) in [5.41, 5.74) is 0.166. The molecule has 8 heteroatoms. The van der Waals surface area contributed by atoms with E-state index in [4.69, 9.17) is 5.11 Å². The normalized spacial score (nSPS) is 13.1. The second kappa shape index (κ2) is 6.09. The molecule has 0 aromatic heterocycles. The highest BCUT2D eigenvalue weighted by atomic mass is 32.2. The number of nitrogens with one attached hydrogen (secondary N) is 2. The van der Waals surface area contributed by atoms with Crippen molar-refractivity contribution in [1.29, 1.82) is 0 Å². The van der Waals surface area contributed by atoms with Crippen molar-refractivity contribution in [2.75, 3.05) is 11.9 Å². The molecule has 0 heterocycles. The fourth-order valence-corrected chi connectivity index (χ4v) is 2.66. The molecule has 1 aromatic rings. The number of carbonyl (C=O) groups is 1. The van der Waals surface area contributed by atoms with Crippen LogP contribution in [0.25, 0.3) is 0 Å². The van der Waals surface area contributed by atoms with Gasteiger partial charge in [-0.05, 0) is 25.1 Å². The zero-order valence-electron chi connectivity index (χ0n) is 10.5. The summed E-state index contributed by atoms with van der Waals surface area (Å²) in [4.78, 5) is 10.3. The Hall–Kier alpha value is -1.51. The van der Waals surface area contributed by atoms with E-state index in [1.54, 1.807) is 0 Å². The molecule has 0 saturated carbocycles.